The molecular weight excluding hydrogens is 298 g/mol. The maximum atomic E-state index is 12.2. The highest BCUT2D eigenvalue weighted by atomic mass is 32.2. The monoisotopic (exact) mass is 315 g/mol. The molecule has 0 aliphatic rings. The summed E-state index contributed by atoms with van der Waals surface area (Å²) in [6, 6.07) is 3.83. The number of carbonyl (C=O) groups excluding carboxylic acids is 2. The van der Waals surface area contributed by atoms with Gasteiger partial charge in [-0.2, -0.15) is 0 Å². The number of esters is 1. The van der Waals surface area contributed by atoms with Crippen molar-refractivity contribution in [2.45, 2.75) is 11.3 Å². The summed E-state index contributed by atoms with van der Waals surface area (Å²) >= 11 is 0. The lowest BCUT2D eigenvalue weighted by molar-refractivity contribution is -0.120. The number of sulfonamides is 1. The molecule has 1 aromatic carbocycles. The molecule has 0 aliphatic heterocycles. The van der Waals surface area contributed by atoms with Crippen LogP contribution in [0.3, 0.4) is 0 Å². The normalized spacial score (nSPS) is 11.0. The number of nitrogen functional groups attached to an aromatic ring is 1. The van der Waals surface area contributed by atoms with E-state index in [0.717, 1.165) is 13.2 Å². The van der Waals surface area contributed by atoms with Crippen LogP contribution in [0.1, 0.15) is 16.8 Å². The Hall–Kier alpha value is -2.13. The summed E-state index contributed by atoms with van der Waals surface area (Å²) in [5, 5.41) is 2.37. The fourth-order valence-corrected chi connectivity index (χ4v) is 2.80. The van der Waals surface area contributed by atoms with Crippen LogP contribution >= 0.6 is 0 Å². The van der Waals surface area contributed by atoms with Gasteiger partial charge in [0, 0.05) is 25.7 Å². The summed E-state index contributed by atoms with van der Waals surface area (Å²) in [5.74, 6) is -1.10. The Kier molecular flexibility index (Phi) is 5.68. The summed E-state index contributed by atoms with van der Waals surface area (Å²) in [7, 11) is -1.39. The fourth-order valence-electron chi connectivity index (χ4n) is 1.54. The van der Waals surface area contributed by atoms with Crippen molar-refractivity contribution < 1.29 is 22.7 Å². The molecule has 0 unspecified atom stereocenters. The van der Waals surface area contributed by atoms with E-state index in [-0.39, 0.29) is 35.0 Å². The number of rotatable bonds is 6. The summed E-state index contributed by atoms with van der Waals surface area (Å²) in [6.45, 7) is -0.0998. The second-order valence-electron chi connectivity index (χ2n) is 4.07. The molecule has 0 radical (unpaired) electrons. The lowest BCUT2D eigenvalue weighted by Gasteiger charge is -2.11. The number of methoxy groups -OCH3 is 1. The molecule has 4 N–H and O–H groups in total. The standard InChI is InChI=1S/C12H17N3O5S/c1-14-11(16)5-6-15-21(18,19)10-7-8(13)3-4-9(10)12(17)20-2/h3-4,7,15H,5-6,13H2,1-2H3,(H,14,16). The average Bonchev–Trinajstić information content (AvgIpc) is 2.45. The Bertz CT molecular complexity index is 642. The first-order valence-corrected chi connectivity index (χ1v) is 7.48. The lowest BCUT2D eigenvalue weighted by atomic mass is 10.2. The van der Waals surface area contributed by atoms with Gasteiger partial charge in [0.2, 0.25) is 15.9 Å². The van der Waals surface area contributed by atoms with Crippen molar-refractivity contribution in [3.8, 4) is 0 Å². The van der Waals surface area contributed by atoms with Crippen LogP contribution in [0, 0.1) is 0 Å². The van der Waals surface area contributed by atoms with Crippen molar-refractivity contribution in [1.29, 1.82) is 0 Å². The van der Waals surface area contributed by atoms with Gasteiger partial charge in [0.15, 0.2) is 0 Å². The average molecular weight is 315 g/mol. The molecule has 1 aromatic rings. The summed E-state index contributed by atoms with van der Waals surface area (Å²) in [4.78, 5) is 22.4. The van der Waals surface area contributed by atoms with Gasteiger partial charge in [-0.3, -0.25) is 4.79 Å². The Labute approximate surface area is 122 Å². The van der Waals surface area contributed by atoms with Crippen LogP contribution in [-0.2, 0) is 19.6 Å². The van der Waals surface area contributed by atoms with Gasteiger partial charge in [-0.1, -0.05) is 0 Å². The Balaban J connectivity index is 3.04. The van der Waals surface area contributed by atoms with Gasteiger partial charge in [-0.05, 0) is 18.2 Å². The molecule has 8 nitrogen and oxygen atoms in total. The minimum absolute atomic E-state index is 0.0222. The zero-order chi connectivity index (χ0) is 16.0. The highest BCUT2D eigenvalue weighted by Crippen LogP contribution is 2.20. The SMILES string of the molecule is CNC(=O)CCNS(=O)(=O)c1cc(N)ccc1C(=O)OC. The molecule has 0 bridgehead atoms. The molecule has 116 valence electrons. The number of hydrogen-bond donors (Lipinski definition) is 3. The van der Waals surface area contributed by atoms with E-state index in [2.05, 4.69) is 14.8 Å². The highest BCUT2D eigenvalue weighted by Gasteiger charge is 2.23. The number of carbonyl (C=O) groups is 2. The second-order valence-corrected chi connectivity index (χ2v) is 5.80. The molecule has 0 spiro atoms. The molecule has 0 heterocycles. The van der Waals surface area contributed by atoms with Gasteiger partial charge in [-0.15, -0.1) is 0 Å². The van der Waals surface area contributed by atoms with Gasteiger partial charge in [0.25, 0.3) is 0 Å². The maximum Gasteiger partial charge on any atom is 0.339 e. The molecule has 0 aliphatic carbocycles. The Morgan fingerprint density at radius 2 is 2.00 bits per heavy atom. The molecule has 1 amide bonds. The summed E-state index contributed by atoms with van der Waals surface area (Å²) in [6.07, 6.45) is -0.0222. The van der Waals surface area contributed by atoms with E-state index >= 15 is 0 Å². The zero-order valence-electron chi connectivity index (χ0n) is 11.7. The van der Waals surface area contributed by atoms with Crippen molar-refractivity contribution in [3.05, 3.63) is 23.8 Å². The quantitative estimate of drug-likeness (QED) is 0.478. The van der Waals surface area contributed by atoms with Crippen molar-refractivity contribution in [3.63, 3.8) is 0 Å². The first-order valence-electron chi connectivity index (χ1n) is 6.00. The number of nitrogens with two attached hydrogens (primary N) is 1. The minimum Gasteiger partial charge on any atom is -0.465 e. The van der Waals surface area contributed by atoms with Crippen molar-refractivity contribution >= 4 is 27.6 Å². The maximum absolute atomic E-state index is 12.2. The van der Waals surface area contributed by atoms with Gasteiger partial charge in [0.05, 0.1) is 17.6 Å². The third kappa shape index (κ3) is 4.43. The van der Waals surface area contributed by atoms with E-state index in [1.807, 2.05) is 0 Å². The molecular formula is C12H17N3O5S. The smallest absolute Gasteiger partial charge is 0.339 e. The molecule has 0 saturated heterocycles. The van der Waals surface area contributed by atoms with Crippen molar-refractivity contribution in [1.82, 2.24) is 10.0 Å². The molecule has 0 atom stereocenters. The molecule has 21 heavy (non-hydrogen) atoms. The number of amides is 1. The first kappa shape index (κ1) is 16.9. The first-order chi connectivity index (χ1) is 9.81. The lowest BCUT2D eigenvalue weighted by Crippen LogP contribution is -2.30. The van der Waals surface area contributed by atoms with E-state index in [9.17, 15) is 18.0 Å². The Morgan fingerprint density at radius 1 is 1.33 bits per heavy atom. The third-order valence-corrected chi connectivity index (χ3v) is 4.12. The van der Waals surface area contributed by atoms with Crippen molar-refractivity contribution in [2.24, 2.45) is 0 Å². The third-order valence-electron chi connectivity index (χ3n) is 2.62. The number of nitrogens with one attached hydrogen (secondary N) is 2. The predicted molar refractivity (Wildman–Crippen MR) is 76.1 cm³/mol. The van der Waals surface area contributed by atoms with Gasteiger partial charge in [0.1, 0.15) is 0 Å². The van der Waals surface area contributed by atoms with E-state index in [4.69, 9.17) is 5.73 Å². The van der Waals surface area contributed by atoms with E-state index < -0.39 is 16.0 Å². The van der Waals surface area contributed by atoms with E-state index in [1.54, 1.807) is 0 Å². The van der Waals surface area contributed by atoms with Crippen LogP contribution < -0.4 is 15.8 Å². The van der Waals surface area contributed by atoms with E-state index in [1.165, 1.54) is 19.2 Å². The topological polar surface area (TPSA) is 128 Å². The summed E-state index contributed by atoms with van der Waals surface area (Å²) < 4.78 is 31.1. The van der Waals surface area contributed by atoms with Crippen LogP contribution in [0.5, 0.6) is 0 Å². The molecule has 9 heteroatoms. The van der Waals surface area contributed by atoms with Gasteiger partial charge in [-0.25, -0.2) is 17.9 Å². The number of anilines is 1. The Morgan fingerprint density at radius 3 is 2.57 bits per heavy atom. The van der Waals surface area contributed by atoms with Crippen LogP contribution in [0.25, 0.3) is 0 Å². The van der Waals surface area contributed by atoms with Crippen LogP contribution in [0.15, 0.2) is 23.1 Å². The number of benzene rings is 1. The second kappa shape index (κ2) is 7.04. The van der Waals surface area contributed by atoms with Gasteiger partial charge >= 0.3 is 5.97 Å². The molecule has 0 saturated carbocycles. The van der Waals surface area contributed by atoms with Crippen molar-refractivity contribution in [2.75, 3.05) is 26.4 Å². The molecule has 0 fully saturated rings. The van der Waals surface area contributed by atoms with Crippen LogP contribution in [-0.4, -0.2) is 41.0 Å². The molecule has 1 rings (SSSR count). The summed E-state index contributed by atoms with van der Waals surface area (Å²) in [5.41, 5.74) is 5.62. The fraction of sp³-hybridized carbons (Fsp3) is 0.333. The number of hydrogen-bond acceptors (Lipinski definition) is 6. The zero-order valence-corrected chi connectivity index (χ0v) is 12.5. The van der Waals surface area contributed by atoms with Crippen LogP contribution in [0.4, 0.5) is 5.69 Å². The molecule has 0 aromatic heterocycles. The predicted octanol–water partition coefficient (Wildman–Crippen LogP) is -0.530. The minimum atomic E-state index is -3.98. The van der Waals surface area contributed by atoms with E-state index in [0.29, 0.717) is 0 Å². The van der Waals surface area contributed by atoms with Crippen LogP contribution in [0.2, 0.25) is 0 Å². The number of ether oxygens (including phenoxy) is 1. The highest BCUT2D eigenvalue weighted by molar-refractivity contribution is 7.89. The van der Waals surface area contributed by atoms with Gasteiger partial charge < -0.3 is 15.8 Å². The largest absolute Gasteiger partial charge is 0.465 e.